The summed E-state index contributed by atoms with van der Waals surface area (Å²) >= 11 is 0. The number of nitrogens with zero attached hydrogens (tertiary/aromatic N) is 1. The van der Waals surface area contributed by atoms with E-state index in [2.05, 4.69) is 6.92 Å². The molecule has 0 saturated carbocycles. The maximum atomic E-state index is 12.1. The minimum Gasteiger partial charge on any atom is -0.478 e. The molecule has 0 amide bonds. The van der Waals surface area contributed by atoms with Crippen LogP contribution < -0.4 is 5.56 Å². The van der Waals surface area contributed by atoms with Gasteiger partial charge in [0, 0.05) is 18.0 Å². The van der Waals surface area contributed by atoms with Gasteiger partial charge in [-0.25, -0.2) is 4.79 Å². The molecule has 2 rings (SSSR count). The fraction of sp³-hybridized carbons (Fsp3) is 0.412. The smallest absolute Gasteiger partial charge is 0.336 e. The Kier molecular flexibility index (Phi) is 4.46. The van der Waals surface area contributed by atoms with Gasteiger partial charge in [0.1, 0.15) is 0 Å². The number of rotatable bonds is 5. The summed E-state index contributed by atoms with van der Waals surface area (Å²) < 4.78 is 1.76. The Morgan fingerprint density at radius 1 is 1.24 bits per heavy atom. The van der Waals surface area contributed by atoms with Crippen molar-refractivity contribution in [1.82, 2.24) is 4.57 Å². The van der Waals surface area contributed by atoms with E-state index in [1.54, 1.807) is 24.5 Å². The Bertz CT molecular complexity index is 744. The normalized spacial score (nSPS) is 11.0. The summed E-state index contributed by atoms with van der Waals surface area (Å²) in [4.78, 5) is 23.5. The molecule has 2 aromatic rings. The van der Waals surface area contributed by atoms with E-state index in [1.165, 1.54) is 6.07 Å². The maximum Gasteiger partial charge on any atom is 0.336 e. The lowest BCUT2D eigenvalue weighted by atomic mass is 9.98. The van der Waals surface area contributed by atoms with Crippen molar-refractivity contribution in [3.05, 3.63) is 45.2 Å². The molecule has 112 valence electrons. The predicted octanol–water partition coefficient (Wildman–Crippen LogP) is 3.51. The summed E-state index contributed by atoms with van der Waals surface area (Å²) in [5, 5.41) is 10.2. The minimum absolute atomic E-state index is 0.0273. The summed E-state index contributed by atoms with van der Waals surface area (Å²) in [6, 6.07) is 5.08. The van der Waals surface area contributed by atoms with Gasteiger partial charge in [0.25, 0.3) is 5.56 Å². The highest BCUT2D eigenvalue weighted by atomic mass is 16.4. The molecule has 0 aliphatic heterocycles. The number of fused-ring (bicyclic) bond motifs is 1. The topological polar surface area (TPSA) is 59.3 Å². The van der Waals surface area contributed by atoms with E-state index in [9.17, 15) is 14.7 Å². The van der Waals surface area contributed by atoms with Crippen LogP contribution in [-0.4, -0.2) is 15.6 Å². The standard InChI is InChI=1S/C17H21NO3/c1-4-5-6-9-18-14-10-11(2)16(17(20)21)12(3)13(14)7-8-15(18)19/h7-8,10H,4-6,9H2,1-3H3,(H,20,21). The number of carboxylic acids is 1. The van der Waals surface area contributed by atoms with Gasteiger partial charge in [-0.05, 0) is 43.5 Å². The number of aromatic carboxylic acids is 1. The van der Waals surface area contributed by atoms with Gasteiger partial charge in [-0.1, -0.05) is 19.8 Å². The lowest BCUT2D eigenvalue weighted by Crippen LogP contribution is -2.20. The molecule has 0 atom stereocenters. The van der Waals surface area contributed by atoms with Gasteiger partial charge >= 0.3 is 5.97 Å². The third-order valence-electron chi connectivity index (χ3n) is 3.95. The molecule has 0 bridgehead atoms. The van der Waals surface area contributed by atoms with Crippen LogP contribution >= 0.6 is 0 Å². The van der Waals surface area contributed by atoms with Crippen LogP contribution in [0.1, 0.15) is 47.7 Å². The second-order valence-electron chi connectivity index (χ2n) is 5.46. The zero-order chi connectivity index (χ0) is 15.6. The zero-order valence-corrected chi connectivity index (χ0v) is 12.8. The van der Waals surface area contributed by atoms with E-state index in [0.717, 1.165) is 35.7 Å². The number of aryl methyl sites for hydroxylation is 3. The van der Waals surface area contributed by atoms with Crippen molar-refractivity contribution in [2.24, 2.45) is 0 Å². The van der Waals surface area contributed by atoms with Gasteiger partial charge < -0.3 is 9.67 Å². The van der Waals surface area contributed by atoms with Gasteiger partial charge in [-0.2, -0.15) is 0 Å². The third kappa shape index (κ3) is 2.84. The number of carboxylic acid groups (broad SMARTS) is 1. The third-order valence-corrected chi connectivity index (χ3v) is 3.95. The summed E-state index contributed by atoms with van der Waals surface area (Å²) in [6.07, 6.45) is 3.13. The van der Waals surface area contributed by atoms with Crippen LogP contribution in [0.4, 0.5) is 0 Å². The lowest BCUT2D eigenvalue weighted by Gasteiger charge is -2.14. The largest absolute Gasteiger partial charge is 0.478 e. The molecule has 0 spiro atoms. The average molecular weight is 287 g/mol. The SMILES string of the molecule is CCCCCn1c(=O)ccc2c(C)c(C(=O)O)c(C)cc21. The number of hydrogen-bond acceptors (Lipinski definition) is 2. The van der Waals surface area contributed by atoms with E-state index in [0.29, 0.717) is 17.7 Å². The number of unbranched alkanes of at least 4 members (excludes halogenated alkanes) is 2. The fourth-order valence-electron chi connectivity index (χ4n) is 2.85. The van der Waals surface area contributed by atoms with Crippen LogP contribution in [0.3, 0.4) is 0 Å². The summed E-state index contributed by atoms with van der Waals surface area (Å²) in [7, 11) is 0. The Labute approximate surface area is 124 Å². The van der Waals surface area contributed by atoms with E-state index < -0.39 is 5.97 Å². The van der Waals surface area contributed by atoms with E-state index in [4.69, 9.17) is 0 Å². The second-order valence-corrected chi connectivity index (χ2v) is 5.46. The summed E-state index contributed by atoms with van der Waals surface area (Å²) in [5.74, 6) is -0.921. The summed E-state index contributed by atoms with van der Waals surface area (Å²) in [5.41, 5.74) is 2.56. The van der Waals surface area contributed by atoms with Crippen LogP contribution in [-0.2, 0) is 6.54 Å². The van der Waals surface area contributed by atoms with Gasteiger partial charge in [0.15, 0.2) is 0 Å². The number of pyridine rings is 1. The highest BCUT2D eigenvalue weighted by Gasteiger charge is 2.15. The molecule has 4 nitrogen and oxygen atoms in total. The van der Waals surface area contributed by atoms with Crippen LogP contribution in [0, 0.1) is 13.8 Å². The van der Waals surface area contributed by atoms with Crippen molar-refractivity contribution in [3.8, 4) is 0 Å². The van der Waals surface area contributed by atoms with Crippen LogP contribution in [0.2, 0.25) is 0 Å². The van der Waals surface area contributed by atoms with Gasteiger partial charge in [-0.15, -0.1) is 0 Å². The molecule has 1 aromatic carbocycles. The monoisotopic (exact) mass is 287 g/mol. The van der Waals surface area contributed by atoms with Gasteiger partial charge in [0.2, 0.25) is 0 Å². The molecular weight excluding hydrogens is 266 g/mol. The Morgan fingerprint density at radius 3 is 2.57 bits per heavy atom. The van der Waals surface area contributed by atoms with Crippen LogP contribution in [0.15, 0.2) is 23.0 Å². The Balaban J connectivity index is 2.68. The summed E-state index contributed by atoms with van der Waals surface area (Å²) in [6.45, 7) is 6.39. The molecular formula is C17H21NO3. The lowest BCUT2D eigenvalue weighted by molar-refractivity contribution is 0.0695. The number of carbonyl (C=O) groups is 1. The minimum atomic E-state index is -0.921. The number of hydrogen-bond donors (Lipinski definition) is 1. The number of benzene rings is 1. The predicted molar refractivity (Wildman–Crippen MR) is 84.2 cm³/mol. The van der Waals surface area contributed by atoms with Crippen LogP contribution in [0.5, 0.6) is 0 Å². The molecule has 4 heteroatoms. The molecule has 1 heterocycles. The van der Waals surface area contributed by atoms with E-state index >= 15 is 0 Å². The average Bonchev–Trinajstić information content (AvgIpc) is 2.41. The van der Waals surface area contributed by atoms with Gasteiger partial charge in [-0.3, -0.25) is 4.79 Å². The number of aromatic nitrogens is 1. The Hall–Kier alpha value is -2.10. The molecule has 21 heavy (non-hydrogen) atoms. The maximum absolute atomic E-state index is 12.1. The second kappa shape index (κ2) is 6.12. The molecule has 1 N–H and O–H groups in total. The molecule has 0 saturated heterocycles. The molecule has 0 radical (unpaired) electrons. The van der Waals surface area contributed by atoms with Gasteiger partial charge in [0.05, 0.1) is 11.1 Å². The van der Waals surface area contributed by atoms with E-state index in [-0.39, 0.29) is 5.56 Å². The highest BCUT2D eigenvalue weighted by molar-refractivity contribution is 5.98. The fourth-order valence-corrected chi connectivity index (χ4v) is 2.85. The molecule has 0 fully saturated rings. The molecule has 1 aromatic heterocycles. The van der Waals surface area contributed by atoms with Crippen molar-refractivity contribution in [1.29, 1.82) is 0 Å². The Morgan fingerprint density at radius 2 is 1.95 bits per heavy atom. The first-order chi connectivity index (χ1) is 9.97. The van der Waals surface area contributed by atoms with Crippen LogP contribution in [0.25, 0.3) is 10.9 Å². The van der Waals surface area contributed by atoms with Crippen molar-refractivity contribution in [2.75, 3.05) is 0 Å². The molecule has 0 unspecified atom stereocenters. The molecule has 0 aliphatic rings. The molecule has 0 aliphatic carbocycles. The van der Waals surface area contributed by atoms with E-state index in [1.807, 2.05) is 6.07 Å². The quantitative estimate of drug-likeness (QED) is 0.856. The van der Waals surface area contributed by atoms with Crippen molar-refractivity contribution in [2.45, 2.75) is 46.6 Å². The first-order valence-corrected chi connectivity index (χ1v) is 7.34. The zero-order valence-electron chi connectivity index (χ0n) is 12.8. The van der Waals surface area contributed by atoms with Crippen molar-refractivity contribution >= 4 is 16.9 Å². The van der Waals surface area contributed by atoms with Crippen molar-refractivity contribution < 1.29 is 9.90 Å². The first kappa shape index (κ1) is 15.3. The highest BCUT2D eigenvalue weighted by Crippen LogP contribution is 2.24. The van der Waals surface area contributed by atoms with Crippen molar-refractivity contribution in [3.63, 3.8) is 0 Å². The first-order valence-electron chi connectivity index (χ1n) is 7.34.